The molecule has 0 amide bonds. The van der Waals surface area contributed by atoms with Crippen molar-refractivity contribution in [3.05, 3.63) is 36.4 Å². The fraction of sp³-hybridized carbons (Fsp3) is 0.438. The summed E-state index contributed by atoms with van der Waals surface area (Å²) in [6.45, 7) is 8.65. The second-order valence-electron chi connectivity index (χ2n) is 4.97. The zero-order chi connectivity index (χ0) is 14.9. The summed E-state index contributed by atoms with van der Waals surface area (Å²) in [7, 11) is 0. The molecule has 0 saturated carbocycles. The van der Waals surface area contributed by atoms with Crippen molar-refractivity contribution in [2.45, 2.75) is 26.2 Å². The van der Waals surface area contributed by atoms with E-state index in [1.54, 1.807) is 0 Å². The lowest BCUT2D eigenvalue weighted by molar-refractivity contribution is 0.306. The molecule has 0 saturated heterocycles. The van der Waals surface area contributed by atoms with Crippen molar-refractivity contribution in [3.8, 4) is 5.75 Å². The number of rotatable bonds is 8. The molecule has 0 fully saturated rings. The van der Waals surface area contributed by atoms with Crippen LogP contribution in [0.15, 0.2) is 35.8 Å². The summed E-state index contributed by atoms with van der Waals surface area (Å²) in [5, 5.41) is 3.12. The van der Waals surface area contributed by atoms with Crippen LogP contribution in [0.2, 0.25) is 0 Å². The summed E-state index contributed by atoms with van der Waals surface area (Å²) in [5.74, 6) is 1.66. The van der Waals surface area contributed by atoms with Crippen molar-refractivity contribution in [1.82, 2.24) is 16.2 Å². The van der Waals surface area contributed by atoms with E-state index in [1.165, 1.54) is 12.8 Å². The first-order chi connectivity index (χ1) is 10.3. The van der Waals surface area contributed by atoms with Gasteiger partial charge in [0.05, 0.1) is 18.8 Å². The minimum absolute atomic E-state index is 0.757. The first kappa shape index (κ1) is 15.2. The first-order valence-electron chi connectivity index (χ1n) is 7.52. The van der Waals surface area contributed by atoms with Crippen LogP contribution < -0.4 is 20.9 Å². The molecule has 0 unspecified atom stereocenters. The van der Waals surface area contributed by atoms with Crippen LogP contribution in [0, 0.1) is 0 Å². The molecule has 1 aliphatic rings. The average molecular weight is 288 g/mol. The molecular formula is C16H24N4O. The van der Waals surface area contributed by atoms with E-state index in [4.69, 9.17) is 4.74 Å². The normalized spacial score (nSPS) is 13.3. The number of hydrogen-bond donors (Lipinski definition) is 3. The van der Waals surface area contributed by atoms with Crippen molar-refractivity contribution in [2.24, 2.45) is 4.99 Å². The minimum atomic E-state index is 0.757. The molecule has 1 heterocycles. The topological polar surface area (TPSA) is 57.7 Å². The van der Waals surface area contributed by atoms with Crippen molar-refractivity contribution < 1.29 is 4.74 Å². The van der Waals surface area contributed by atoms with Crippen molar-refractivity contribution in [1.29, 1.82) is 0 Å². The Morgan fingerprint density at radius 3 is 2.81 bits per heavy atom. The van der Waals surface area contributed by atoms with Gasteiger partial charge in [-0.25, -0.2) is 0 Å². The molecule has 5 heteroatoms. The molecule has 1 aromatic carbocycles. The standard InChI is InChI=1S/C16H24N4O/c1-3-4-5-12-21-15-8-6-14(7-9-15)13(2)19-20-16-17-10-11-18-16/h6-9,19H,2-5,10-12H2,1H3,(H2,17,18,20). The number of nitrogens with zero attached hydrogens (tertiary/aromatic N) is 1. The van der Waals surface area contributed by atoms with Gasteiger partial charge in [0, 0.05) is 6.54 Å². The zero-order valence-electron chi connectivity index (χ0n) is 12.6. The van der Waals surface area contributed by atoms with E-state index in [2.05, 4.69) is 34.7 Å². The molecular weight excluding hydrogens is 264 g/mol. The van der Waals surface area contributed by atoms with Gasteiger partial charge in [0.2, 0.25) is 5.96 Å². The van der Waals surface area contributed by atoms with Crippen LogP contribution in [-0.2, 0) is 0 Å². The van der Waals surface area contributed by atoms with Gasteiger partial charge in [0.15, 0.2) is 0 Å². The predicted molar refractivity (Wildman–Crippen MR) is 87.1 cm³/mol. The first-order valence-corrected chi connectivity index (χ1v) is 7.52. The number of hydrogen-bond acceptors (Lipinski definition) is 5. The maximum absolute atomic E-state index is 5.69. The summed E-state index contributed by atoms with van der Waals surface area (Å²) < 4.78 is 5.69. The van der Waals surface area contributed by atoms with Crippen LogP contribution in [0.5, 0.6) is 5.75 Å². The molecule has 5 nitrogen and oxygen atoms in total. The molecule has 0 atom stereocenters. The Morgan fingerprint density at radius 2 is 2.14 bits per heavy atom. The van der Waals surface area contributed by atoms with Crippen molar-refractivity contribution in [3.63, 3.8) is 0 Å². The van der Waals surface area contributed by atoms with Gasteiger partial charge >= 0.3 is 0 Å². The second kappa shape index (κ2) is 8.19. The maximum atomic E-state index is 5.69. The largest absolute Gasteiger partial charge is 0.494 e. The molecule has 0 radical (unpaired) electrons. The third-order valence-electron chi connectivity index (χ3n) is 3.23. The van der Waals surface area contributed by atoms with E-state index in [1.807, 2.05) is 24.3 Å². The summed E-state index contributed by atoms with van der Waals surface area (Å²) in [4.78, 5) is 4.24. The lowest BCUT2D eigenvalue weighted by atomic mass is 10.2. The molecule has 2 rings (SSSR count). The smallest absolute Gasteiger partial charge is 0.210 e. The van der Waals surface area contributed by atoms with Crippen LogP contribution in [0.25, 0.3) is 5.70 Å². The van der Waals surface area contributed by atoms with Gasteiger partial charge in [0.25, 0.3) is 0 Å². The van der Waals surface area contributed by atoms with Gasteiger partial charge < -0.3 is 10.1 Å². The van der Waals surface area contributed by atoms with Gasteiger partial charge in [-0.2, -0.15) is 0 Å². The second-order valence-corrected chi connectivity index (χ2v) is 4.97. The Hall–Kier alpha value is -2.17. The molecule has 3 N–H and O–H groups in total. The number of aliphatic imine (C=N–C) groups is 1. The van der Waals surface area contributed by atoms with Crippen LogP contribution >= 0.6 is 0 Å². The fourth-order valence-electron chi connectivity index (χ4n) is 1.98. The van der Waals surface area contributed by atoms with Crippen LogP contribution in [-0.4, -0.2) is 25.7 Å². The van der Waals surface area contributed by atoms with Crippen LogP contribution in [0.4, 0.5) is 0 Å². The average Bonchev–Trinajstić information content (AvgIpc) is 3.03. The number of ether oxygens (including phenoxy) is 1. The highest BCUT2D eigenvalue weighted by molar-refractivity contribution is 5.81. The maximum Gasteiger partial charge on any atom is 0.210 e. The lowest BCUT2D eigenvalue weighted by Gasteiger charge is -2.13. The van der Waals surface area contributed by atoms with Crippen LogP contribution in [0.1, 0.15) is 31.7 Å². The molecule has 1 aromatic rings. The number of benzene rings is 1. The van der Waals surface area contributed by atoms with Gasteiger partial charge in [-0.1, -0.05) is 26.3 Å². The summed E-state index contributed by atoms with van der Waals surface area (Å²) in [6.07, 6.45) is 3.52. The van der Waals surface area contributed by atoms with Gasteiger partial charge in [-0.05, 0) is 36.2 Å². The van der Waals surface area contributed by atoms with E-state index in [-0.39, 0.29) is 0 Å². The quantitative estimate of drug-likeness (QED) is 0.507. The third kappa shape index (κ3) is 5.02. The minimum Gasteiger partial charge on any atom is -0.494 e. The van der Waals surface area contributed by atoms with E-state index >= 15 is 0 Å². The Balaban J connectivity index is 1.76. The Bertz CT molecular complexity index is 482. The monoisotopic (exact) mass is 288 g/mol. The molecule has 0 bridgehead atoms. The lowest BCUT2D eigenvalue weighted by Crippen LogP contribution is -2.42. The van der Waals surface area contributed by atoms with Crippen molar-refractivity contribution in [2.75, 3.05) is 19.7 Å². The van der Waals surface area contributed by atoms with E-state index in [9.17, 15) is 0 Å². The third-order valence-corrected chi connectivity index (χ3v) is 3.23. The van der Waals surface area contributed by atoms with E-state index in [0.29, 0.717) is 0 Å². The number of guanidine groups is 1. The summed E-state index contributed by atoms with van der Waals surface area (Å²) in [5.41, 5.74) is 7.85. The molecule has 21 heavy (non-hydrogen) atoms. The fourth-order valence-corrected chi connectivity index (χ4v) is 1.98. The Morgan fingerprint density at radius 1 is 1.33 bits per heavy atom. The summed E-state index contributed by atoms with van der Waals surface area (Å²) >= 11 is 0. The Labute approximate surface area is 126 Å². The molecule has 0 aromatic heterocycles. The van der Waals surface area contributed by atoms with Crippen LogP contribution in [0.3, 0.4) is 0 Å². The van der Waals surface area contributed by atoms with Crippen molar-refractivity contribution >= 4 is 11.7 Å². The highest BCUT2D eigenvalue weighted by atomic mass is 16.5. The molecule has 114 valence electrons. The number of hydrazine groups is 1. The zero-order valence-corrected chi connectivity index (χ0v) is 12.6. The molecule has 0 aliphatic carbocycles. The summed E-state index contributed by atoms with van der Waals surface area (Å²) in [6, 6.07) is 7.94. The molecule has 1 aliphatic heterocycles. The van der Waals surface area contributed by atoms with Gasteiger partial charge in [-0.15, -0.1) is 0 Å². The number of nitrogens with one attached hydrogen (secondary N) is 3. The van der Waals surface area contributed by atoms with E-state index < -0.39 is 0 Å². The predicted octanol–water partition coefficient (Wildman–Crippen LogP) is 2.28. The van der Waals surface area contributed by atoms with Gasteiger partial charge in [-0.3, -0.25) is 15.8 Å². The SMILES string of the molecule is C=C(NNC1=NCCN1)c1ccc(OCCCCC)cc1. The molecule has 0 spiro atoms. The van der Waals surface area contributed by atoms with Gasteiger partial charge in [0.1, 0.15) is 5.75 Å². The van der Waals surface area contributed by atoms with E-state index in [0.717, 1.165) is 49.1 Å². The highest BCUT2D eigenvalue weighted by Crippen LogP contribution is 2.16. The highest BCUT2D eigenvalue weighted by Gasteiger charge is 2.04. The number of unbranched alkanes of at least 4 members (excludes halogenated alkanes) is 2. The Kier molecular flexibility index (Phi) is 5.94.